The van der Waals surface area contributed by atoms with E-state index in [0.29, 0.717) is 0 Å². The maximum absolute atomic E-state index is 13.2. The Bertz CT molecular complexity index is 1630. The Balaban J connectivity index is 1.52. The number of carbonyl (C=O) groups is 3. The lowest BCUT2D eigenvalue weighted by Gasteiger charge is -2.25. The molecule has 214 valence electrons. The third kappa shape index (κ3) is 6.18. The molecule has 2 N–H and O–H groups in total. The molecule has 12 nitrogen and oxygen atoms in total. The van der Waals surface area contributed by atoms with Crippen molar-refractivity contribution >= 4 is 23.9 Å². The first-order valence-electron chi connectivity index (χ1n) is 12.9. The van der Waals surface area contributed by atoms with Crippen LogP contribution in [0.1, 0.15) is 43.1 Å². The van der Waals surface area contributed by atoms with Crippen LogP contribution in [0.5, 0.6) is 0 Å². The van der Waals surface area contributed by atoms with E-state index in [4.69, 9.17) is 24.7 Å². The Labute approximate surface area is 239 Å². The molecule has 5 rings (SSSR count). The maximum atomic E-state index is 13.2. The average molecular weight is 571 g/mol. The molecule has 12 heteroatoms. The first-order chi connectivity index (χ1) is 20.3. The highest BCUT2D eigenvalue weighted by atomic mass is 16.7. The first kappa shape index (κ1) is 28.2. The highest BCUT2D eigenvalue weighted by molar-refractivity contribution is 5.91. The van der Waals surface area contributed by atoms with E-state index < -0.39 is 54.7 Å². The van der Waals surface area contributed by atoms with Crippen molar-refractivity contribution in [2.45, 2.75) is 31.5 Å². The zero-order valence-electron chi connectivity index (χ0n) is 22.4. The van der Waals surface area contributed by atoms with Gasteiger partial charge < -0.3 is 24.7 Å². The van der Waals surface area contributed by atoms with E-state index in [0.717, 1.165) is 4.57 Å². The largest absolute Gasteiger partial charge is 0.459 e. The van der Waals surface area contributed by atoms with Gasteiger partial charge in [-0.3, -0.25) is 0 Å². The van der Waals surface area contributed by atoms with Crippen molar-refractivity contribution in [2.24, 2.45) is 0 Å². The van der Waals surface area contributed by atoms with E-state index in [1.807, 2.05) is 0 Å². The van der Waals surface area contributed by atoms with Gasteiger partial charge in [0.15, 0.2) is 18.4 Å². The number of benzene rings is 3. The van der Waals surface area contributed by atoms with Crippen molar-refractivity contribution in [3.05, 3.63) is 124 Å². The number of nitrogens with zero attached hydrogens (tertiary/aromatic N) is 3. The summed E-state index contributed by atoms with van der Waals surface area (Å²) in [7, 11) is 0. The highest BCUT2D eigenvalue weighted by Crippen LogP contribution is 2.35. The van der Waals surface area contributed by atoms with Crippen LogP contribution in [-0.2, 0) is 18.9 Å². The molecule has 3 aromatic carbocycles. The lowest BCUT2D eigenvalue weighted by Crippen LogP contribution is -2.43. The average Bonchev–Trinajstić information content (AvgIpc) is 3.32. The number of hydrogen-bond donors (Lipinski definition) is 1. The Morgan fingerprint density at radius 2 is 1.24 bits per heavy atom. The minimum absolute atomic E-state index is 0.105. The van der Waals surface area contributed by atoms with Gasteiger partial charge in [0.05, 0.1) is 16.7 Å². The van der Waals surface area contributed by atoms with E-state index in [2.05, 4.69) is 9.97 Å². The summed E-state index contributed by atoms with van der Waals surface area (Å²) in [6.07, 6.45) is -5.22. The second-order valence-electron chi connectivity index (χ2n) is 9.28. The van der Waals surface area contributed by atoms with Crippen LogP contribution >= 0.6 is 0 Å². The summed E-state index contributed by atoms with van der Waals surface area (Å²) in [5.41, 5.74) is 5.54. The molecule has 1 saturated heterocycles. The van der Waals surface area contributed by atoms with Gasteiger partial charge in [-0.2, -0.15) is 9.97 Å². The number of aryl methyl sites for hydroxylation is 1. The number of aromatic nitrogens is 3. The predicted molar refractivity (Wildman–Crippen MR) is 147 cm³/mol. The number of anilines is 1. The molecule has 0 saturated carbocycles. The van der Waals surface area contributed by atoms with Gasteiger partial charge >= 0.3 is 23.6 Å². The van der Waals surface area contributed by atoms with E-state index in [9.17, 15) is 19.2 Å². The molecule has 0 aliphatic carbocycles. The number of rotatable bonds is 8. The van der Waals surface area contributed by atoms with Gasteiger partial charge in [0.2, 0.25) is 5.95 Å². The summed E-state index contributed by atoms with van der Waals surface area (Å²) >= 11 is 0. The van der Waals surface area contributed by atoms with E-state index in [1.54, 1.807) is 91.0 Å². The molecule has 1 aliphatic rings. The number of hydrogen-bond acceptors (Lipinski definition) is 11. The summed E-state index contributed by atoms with van der Waals surface area (Å²) in [5.74, 6) is -2.32. The SMILES string of the molecule is Cc1nc(N)nc(=O)n1[C@@H]1O[C@H](COC(=O)c2ccccc2)[C@@H](OC(=O)c2ccccc2)[C@H]1OC(=O)c1ccccc1. The molecular weight excluding hydrogens is 544 g/mol. The quantitative estimate of drug-likeness (QED) is 0.245. The molecule has 42 heavy (non-hydrogen) atoms. The van der Waals surface area contributed by atoms with Crippen molar-refractivity contribution in [3.63, 3.8) is 0 Å². The smallest absolute Gasteiger partial charge is 0.354 e. The zero-order valence-corrected chi connectivity index (χ0v) is 22.4. The van der Waals surface area contributed by atoms with Gasteiger partial charge in [-0.25, -0.2) is 23.7 Å². The van der Waals surface area contributed by atoms with Crippen molar-refractivity contribution in [2.75, 3.05) is 12.3 Å². The van der Waals surface area contributed by atoms with Gasteiger partial charge in [-0.1, -0.05) is 54.6 Å². The van der Waals surface area contributed by atoms with Crippen LogP contribution in [0.25, 0.3) is 0 Å². The third-order valence-corrected chi connectivity index (χ3v) is 6.47. The molecule has 0 amide bonds. The monoisotopic (exact) mass is 570 g/mol. The molecule has 1 aliphatic heterocycles. The van der Waals surface area contributed by atoms with Crippen molar-refractivity contribution in [3.8, 4) is 0 Å². The number of carbonyl (C=O) groups excluding carboxylic acids is 3. The molecule has 0 radical (unpaired) electrons. The van der Waals surface area contributed by atoms with Crippen LogP contribution in [0, 0.1) is 6.92 Å². The third-order valence-electron chi connectivity index (χ3n) is 6.47. The summed E-state index contributed by atoms with van der Waals surface area (Å²) in [6, 6.07) is 24.5. The second-order valence-corrected chi connectivity index (χ2v) is 9.28. The Morgan fingerprint density at radius 3 is 1.74 bits per heavy atom. The maximum Gasteiger partial charge on any atom is 0.354 e. The molecule has 2 heterocycles. The minimum atomic E-state index is -1.38. The highest BCUT2D eigenvalue weighted by Gasteiger charge is 2.52. The summed E-state index contributed by atoms with van der Waals surface area (Å²) in [4.78, 5) is 59.8. The van der Waals surface area contributed by atoms with E-state index >= 15 is 0 Å². The van der Waals surface area contributed by atoms with Crippen molar-refractivity contribution in [1.29, 1.82) is 0 Å². The Morgan fingerprint density at radius 1 is 0.762 bits per heavy atom. The fourth-order valence-electron chi connectivity index (χ4n) is 4.49. The normalized spacial score (nSPS) is 19.5. The predicted octanol–water partition coefficient (Wildman–Crippen LogP) is 2.73. The molecule has 0 bridgehead atoms. The van der Waals surface area contributed by atoms with Gasteiger partial charge in [-0.15, -0.1) is 0 Å². The molecular formula is C30H26N4O8. The standard InChI is InChI=1S/C30H26N4O8/c1-18-32-29(31)33-30(38)34(18)25-24(42-28(37)21-15-9-4-10-16-21)23(41-27(36)20-13-7-3-8-14-20)22(40-25)17-39-26(35)19-11-5-2-6-12-19/h2-16,22-25H,17H2,1H3,(H2,31,33,38)/t22-,23-,24-,25-/m1/s1. The van der Waals surface area contributed by atoms with Gasteiger partial charge in [-0.05, 0) is 43.3 Å². The molecule has 0 spiro atoms. The van der Waals surface area contributed by atoms with Gasteiger partial charge in [0, 0.05) is 0 Å². The number of nitrogen functional groups attached to an aromatic ring is 1. The van der Waals surface area contributed by atoms with Crippen LogP contribution < -0.4 is 11.4 Å². The number of nitrogens with two attached hydrogens (primary N) is 1. The number of esters is 3. The molecule has 1 fully saturated rings. The van der Waals surface area contributed by atoms with Crippen LogP contribution in [0.4, 0.5) is 5.95 Å². The summed E-state index contributed by atoms with van der Waals surface area (Å²) in [6.45, 7) is 1.09. The second kappa shape index (κ2) is 12.4. The zero-order chi connectivity index (χ0) is 29.6. The summed E-state index contributed by atoms with van der Waals surface area (Å²) < 4.78 is 24.4. The van der Waals surface area contributed by atoms with Crippen molar-refractivity contribution < 1.29 is 33.3 Å². The fourth-order valence-corrected chi connectivity index (χ4v) is 4.49. The lowest BCUT2D eigenvalue weighted by molar-refractivity contribution is -0.0652. The molecule has 4 aromatic rings. The van der Waals surface area contributed by atoms with Crippen LogP contribution in [-0.4, -0.2) is 57.4 Å². The topological polar surface area (TPSA) is 162 Å². The van der Waals surface area contributed by atoms with E-state index in [-0.39, 0.29) is 28.5 Å². The minimum Gasteiger partial charge on any atom is -0.459 e. The van der Waals surface area contributed by atoms with Gasteiger partial charge in [0.25, 0.3) is 0 Å². The van der Waals surface area contributed by atoms with Crippen LogP contribution in [0.3, 0.4) is 0 Å². The number of ether oxygens (including phenoxy) is 4. The summed E-state index contributed by atoms with van der Waals surface area (Å²) in [5, 5.41) is 0. The Hall–Kier alpha value is -5.36. The fraction of sp³-hybridized carbons (Fsp3) is 0.200. The van der Waals surface area contributed by atoms with Crippen LogP contribution in [0.15, 0.2) is 95.8 Å². The Kier molecular flexibility index (Phi) is 8.34. The first-order valence-corrected chi connectivity index (χ1v) is 12.9. The van der Waals surface area contributed by atoms with Gasteiger partial charge in [0.1, 0.15) is 18.5 Å². The lowest BCUT2D eigenvalue weighted by atomic mass is 10.1. The van der Waals surface area contributed by atoms with Crippen LogP contribution in [0.2, 0.25) is 0 Å². The molecule has 1 aromatic heterocycles. The van der Waals surface area contributed by atoms with Crippen molar-refractivity contribution in [1.82, 2.24) is 14.5 Å². The molecule has 4 atom stereocenters. The molecule has 0 unspecified atom stereocenters. The van der Waals surface area contributed by atoms with E-state index in [1.165, 1.54) is 6.92 Å².